The van der Waals surface area contributed by atoms with Crippen LogP contribution in [0, 0.1) is 0 Å². The van der Waals surface area contributed by atoms with Gasteiger partial charge in [0.25, 0.3) is 6.71 Å². The van der Waals surface area contributed by atoms with Gasteiger partial charge in [-0.15, -0.1) is 0 Å². The lowest BCUT2D eigenvalue weighted by molar-refractivity contribution is 0.444. The molecule has 0 unspecified atom stereocenters. The molecule has 2 saturated carbocycles. The number of aromatic nitrogens is 2. The Labute approximate surface area is 372 Å². The van der Waals surface area contributed by atoms with Gasteiger partial charge in [-0.05, 0) is 142 Å². The van der Waals surface area contributed by atoms with E-state index in [1.807, 2.05) is 6.20 Å². The fraction of sp³-hybridized carbons (Fsp3) is 0.207. The molecule has 0 radical (unpaired) electrons. The van der Waals surface area contributed by atoms with Gasteiger partial charge in [0.15, 0.2) is 0 Å². The zero-order valence-electron chi connectivity index (χ0n) is 35.8. The Bertz CT molecular complexity index is 2730. The monoisotopic (exact) mass is 814 g/mol. The van der Waals surface area contributed by atoms with E-state index in [0.717, 1.165) is 22.6 Å². The minimum atomic E-state index is 0.0555. The SMILES string of the molecule is c1ccc(-c2ccc(N3c4cc(C5CCCCC5)ccc4B4c5ccc(C6CCCCC6)cc5N(c5ccc(-c6ccccc6)cc5)c5cc(-c6ccncn6)cc3c54)cc2)cc1. The summed E-state index contributed by atoms with van der Waals surface area (Å²) in [7, 11) is 0. The maximum Gasteiger partial charge on any atom is 0.252 e. The standard InChI is InChI=1S/C58H51BN4/c1-5-13-40(14-6-1)44-21-27-49(28-22-44)62-54-35-46(42-17-9-3-10-18-42)25-31-51(54)59-52-32-26-47(43-19-11-4-12-20-43)36-55(52)63(50-29-23-45(24-30-50)41-15-7-2-8-16-41)57-38-48(37-56(62)58(57)59)53-33-34-60-39-61-53/h1-2,5-8,13-16,21-39,42-43H,3-4,9-12,17-20H2. The van der Waals surface area contributed by atoms with Crippen molar-refractivity contribution in [3.05, 3.63) is 187 Å². The highest BCUT2D eigenvalue weighted by atomic mass is 15.2. The fourth-order valence-corrected chi connectivity index (χ4v) is 11.4. The van der Waals surface area contributed by atoms with Crippen molar-refractivity contribution >= 4 is 57.2 Å². The molecule has 2 aliphatic carbocycles. The van der Waals surface area contributed by atoms with E-state index >= 15 is 0 Å². The number of benzene rings is 7. The van der Waals surface area contributed by atoms with Crippen molar-refractivity contribution in [1.82, 2.24) is 9.97 Å². The summed E-state index contributed by atoms with van der Waals surface area (Å²) in [5.74, 6) is 1.17. The van der Waals surface area contributed by atoms with Gasteiger partial charge in [0.1, 0.15) is 6.33 Å². The van der Waals surface area contributed by atoms with Crippen LogP contribution >= 0.6 is 0 Å². The Balaban J connectivity index is 1.12. The van der Waals surface area contributed by atoms with E-state index in [4.69, 9.17) is 4.98 Å². The maximum atomic E-state index is 4.89. The molecule has 4 aliphatic rings. The molecular weight excluding hydrogens is 763 g/mol. The molecule has 0 bridgehead atoms. The molecule has 2 fully saturated rings. The van der Waals surface area contributed by atoms with E-state index in [1.54, 1.807) is 6.33 Å². The van der Waals surface area contributed by atoms with Crippen LogP contribution < -0.4 is 26.2 Å². The van der Waals surface area contributed by atoms with E-state index in [-0.39, 0.29) is 6.71 Å². The highest BCUT2D eigenvalue weighted by Gasteiger charge is 2.44. The molecule has 0 N–H and O–H groups in total. The van der Waals surface area contributed by atoms with Gasteiger partial charge in [-0.25, -0.2) is 9.97 Å². The van der Waals surface area contributed by atoms with E-state index < -0.39 is 0 Å². The van der Waals surface area contributed by atoms with Crippen LogP contribution in [0.4, 0.5) is 34.1 Å². The van der Waals surface area contributed by atoms with Crippen LogP contribution in [0.2, 0.25) is 0 Å². The highest BCUT2D eigenvalue weighted by Crippen LogP contribution is 2.48. The summed E-state index contributed by atoms with van der Waals surface area (Å²) < 4.78 is 0. The average molecular weight is 815 g/mol. The molecule has 3 heterocycles. The van der Waals surface area contributed by atoms with Gasteiger partial charge in [-0.3, -0.25) is 0 Å². The summed E-state index contributed by atoms with van der Waals surface area (Å²) >= 11 is 0. The Hall–Kier alpha value is -6.72. The summed E-state index contributed by atoms with van der Waals surface area (Å²) in [4.78, 5) is 14.4. The Morgan fingerprint density at radius 3 is 1.32 bits per heavy atom. The van der Waals surface area contributed by atoms with E-state index in [2.05, 4.69) is 179 Å². The topological polar surface area (TPSA) is 32.3 Å². The molecular formula is C58H51BN4. The Morgan fingerprint density at radius 2 is 0.873 bits per heavy atom. The maximum absolute atomic E-state index is 4.89. The Kier molecular flexibility index (Phi) is 9.77. The van der Waals surface area contributed by atoms with Gasteiger partial charge >= 0.3 is 0 Å². The van der Waals surface area contributed by atoms with Crippen LogP contribution in [0.3, 0.4) is 0 Å². The van der Waals surface area contributed by atoms with Crippen molar-refractivity contribution in [1.29, 1.82) is 0 Å². The molecule has 0 spiro atoms. The van der Waals surface area contributed by atoms with Crippen LogP contribution in [0.15, 0.2) is 176 Å². The van der Waals surface area contributed by atoms with Crippen LogP contribution in [0.25, 0.3) is 33.5 Å². The number of anilines is 6. The first-order chi connectivity index (χ1) is 31.2. The number of rotatable bonds is 7. The van der Waals surface area contributed by atoms with Crippen molar-refractivity contribution in [3.63, 3.8) is 0 Å². The number of fused-ring (bicyclic) bond motifs is 4. The second-order valence-electron chi connectivity index (χ2n) is 18.3. The molecule has 5 heteroatoms. The lowest BCUT2D eigenvalue weighted by Crippen LogP contribution is -2.61. The van der Waals surface area contributed by atoms with Gasteiger partial charge in [-0.1, -0.05) is 148 Å². The van der Waals surface area contributed by atoms with Gasteiger partial charge in [0, 0.05) is 45.9 Å². The molecule has 8 aromatic rings. The smallest absolute Gasteiger partial charge is 0.252 e. The van der Waals surface area contributed by atoms with Gasteiger partial charge in [0.2, 0.25) is 0 Å². The van der Waals surface area contributed by atoms with Gasteiger partial charge < -0.3 is 9.80 Å². The van der Waals surface area contributed by atoms with Crippen LogP contribution in [0.5, 0.6) is 0 Å². The predicted octanol–water partition coefficient (Wildman–Crippen LogP) is 13.7. The molecule has 0 amide bonds. The van der Waals surface area contributed by atoms with Crippen molar-refractivity contribution in [2.45, 2.75) is 76.0 Å². The molecule has 63 heavy (non-hydrogen) atoms. The molecule has 4 nitrogen and oxygen atoms in total. The average Bonchev–Trinajstić information content (AvgIpc) is 3.37. The second-order valence-corrected chi connectivity index (χ2v) is 18.3. The summed E-state index contributed by atoms with van der Waals surface area (Å²) in [5, 5.41) is 0. The zero-order chi connectivity index (χ0) is 41.7. The molecule has 0 saturated heterocycles. The molecule has 1 aromatic heterocycles. The summed E-state index contributed by atoms with van der Waals surface area (Å²) in [6.45, 7) is 0.0555. The third-order valence-electron chi connectivity index (χ3n) is 14.6. The third kappa shape index (κ3) is 6.86. The fourth-order valence-electron chi connectivity index (χ4n) is 11.4. The second kappa shape index (κ2) is 16.2. The van der Waals surface area contributed by atoms with E-state index in [0.29, 0.717) is 11.8 Å². The first-order valence-electron chi connectivity index (χ1n) is 23.4. The van der Waals surface area contributed by atoms with Crippen molar-refractivity contribution < 1.29 is 0 Å². The minimum Gasteiger partial charge on any atom is -0.311 e. The number of hydrogen-bond donors (Lipinski definition) is 0. The van der Waals surface area contributed by atoms with Crippen LogP contribution in [-0.2, 0) is 0 Å². The number of hydrogen-bond acceptors (Lipinski definition) is 4. The van der Waals surface area contributed by atoms with Crippen molar-refractivity contribution in [2.75, 3.05) is 9.80 Å². The largest absolute Gasteiger partial charge is 0.311 e. The first kappa shape index (κ1) is 38.0. The van der Waals surface area contributed by atoms with E-state index in [1.165, 1.54) is 137 Å². The highest BCUT2D eigenvalue weighted by molar-refractivity contribution is 7.00. The molecule has 7 aromatic carbocycles. The van der Waals surface area contributed by atoms with Gasteiger partial charge in [-0.2, -0.15) is 0 Å². The van der Waals surface area contributed by atoms with Crippen LogP contribution in [-0.4, -0.2) is 16.7 Å². The van der Waals surface area contributed by atoms with E-state index in [9.17, 15) is 0 Å². The first-order valence-corrected chi connectivity index (χ1v) is 23.4. The van der Waals surface area contributed by atoms with Gasteiger partial charge in [0.05, 0.1) is 5.69 Å². The molecule has 2 aliphatic heterocycles. The number of nitrogens with zero attached hydrogens (tertiary/aromatic N) is 4. The predicted molar refractivity (Wildman–Crippen MR) is 264 cm³/mol. The van der Waals surface area contributed by atoms with Crippen molar-refractivity contribution in [3.8, 4) is 33.5 Å². The Morgan fingerprint density at radius 1 is 0.413 bits per heavy atom. The van der Waals surface area contributed by atoms with Crippen LogP contribution in [0.1, 0.15) is 87.2 Å². The lowest BCUT2D eigenvalue weighted by Gasteiger charge is -2.45. The zero-order valence-corrected chi connectivity index (χ0v) is 35.8. The molecule has 306 valence electrons. The normalized spacial score (nSPS) is 16.0. The lowest BCUT2D eigenvalue weighted by atomic mass is 9.33. The minimum absolute atomic E-state index is 0.0555. The molecule has 0 atom stereocenters. The molecule has 12 rings (SSSR count). The summed E-state index contributed by atoms with van der Waals surface area (Å²) in [6.07, 6.45) is 16.5. The summed E-state index contributed by atoms with van der Waals surface area (Å²) in [5.41, 5.74) is 21.2. The summed E-state index contributed by atoms with van der Waals surface area (Å²) in [6, 6.07) is 62.0. The van der Waals surface area contributed by atoms with Crippen molar-refractivity contribution in [2.24, 2.45) is 0 Å². The quantitative estimate of drug-likeness (QED) is 0.150. The third-order valence-corrected chi connectivity index (χ3v) is 14.6.